The zero-order valence-corrected chi connectivity index (χ0v) is 34.0. The lowest BCUT2D eigenvalue weighted by Gasteiger charge is -2.40. The van der Waals surface area contributed by atoms with Crippen molar-refractivity contribution in [2.45, 2.75) is 236 Å². The van der Waals surface area contributed by atoms with E-state index in [0.29, 0.717) is 12.8 Å². The number of hydrogen-bond donors (Lipinski definition) is 6. The summed E-state index contributed by atoms with van der Waals surface area (Å²) in [5.74, 6) is -0.211. The number of rotatable bonds is 36. The van der Waals surface area contributed by atoms with E-state index in [4.69, 9.17) is 9.47 Å². The Morgan fingerprint density at radius 1 is 0.642 bits per heavy atom. The highest BCUT2D eigenvalue weighted by Crippen LogP contribution is 2.23. The lowest BCUT2D eigenvalue weighted by molar-refractivity contribution is -0.302. The maximum absolute atomic E-state index is 12.9. The van der Waals surface area contributed by atoms with E-state index in [1.54, 1.807) is 0 Å². The summed E-state index contributed by atoms with van der Waals surface area (Å²) in [6, 6.07) is -0.746. The molecule has 1 rings (SSSR count). The fourth-order valence-electron chi connectivity index (χ4n) is 6.97. The molecule has 7 atom stereocenters. The molecule has 0 aromatic heterocycles. The average molecular weight is 754 g/mol. The van der Waals surface area contributed by atoms with Gasteiger partial charge in [0, 0.05) is 6.42 Å². The summed E-state index contributed by atoms with van der Waals surface area (Å²) in [6.07, 6.45) is 33.4. The average Bonchev–Trinajstić information content (AvgIpc) is 3.16. The number of amides is 1. The number of carbonyl (C=O) groups is 1. The lowest BCUT2D eigenvalue weighted by atomic mass is 9.99. The molecule has 0 radical (unpaired) electrons. The number of aliphatic hydroxyl groups excluding tert-OH is 5. The van der Waals surface area contributed by atoms with Gasteiger partial charge in [-0.1, -0.05) is 179 Å². The molecule has 0 spiro atoms. The quantitative estimate of drug-likeness (QED) is 0.0275. The van der Waals surface area contributed by atoms with Gasteiger partial charge in [-0.2, -0.15) is 0 Å². The van der Waals surface area contributed by atoms with Gasteiger partial charge in [0.1, 0.15) is 24.4 Å². The molecule has 1 heterocycles. The van der Waals surface area contributed by atoms with Gasteiger partial charge in [0.15, 0.2) is 6.29 Å². The molecule has 1 fully saturated rings. The summed E-state index contributed by atoms with van der Waals surface area (Å²) >= 11 is 0. The number of unbranched alkanes of at least 4 members (excludes halogenated alkanes) is 22. The SMILES string of the molecule is CCCCCCCC/C=C\C/C=C\CCC(=O)NC(COC1OC(CO)C(O)C(O)C1O)C(O)CCCCCCCCCCCCCCCCCCC. The fraction of sp³-hybridized carbons (Fsp3) is 0.886. The first kappa shape index (κ1) is 49.7. The van der Waals surface area contributed by atoms with Crippen LogP contribution in [-0.2, 0) is 14.3 Å². The molecule has 0 aromatic carbocycles. The summed E-state index contributed by atoms with van der Waals surface area (Å²) in [5, 5.41) is 54.2. The Bertz CT molecular complexity index is 883. The Kier molecular flexibility index (Phi) is 32.9. The van der Waals surface area contributed by atoms with Gasteiger partial charge in [0.25, 0.3) is 0 Å². The van der Waals surface area contributed by atoms with Gasteiger partial charge in [-0.3, -0.25) is 4.79 Å². The van der Waals surface area contributed by atoms with Gasteiger partial charge in [-0.25, -0.2) is 0 Å². The molecule has 0 saturated carbocycles. The minimum absolute atomic E-state index is 0.159. The minimum Gasteiger partial charge on any atom is -0.394 e. The molecule has 1 saturated heterocycles. The molecule has 9 heteroatoms. The molecule has 0 aliphatic carbocycles. The van der Waals surface area contributed by atoms with Crippen molar-refractivity contribution >= 4 is 5.91 Å². The summed E-state index contributed by atoms with van der Waals surface area (Å²) in [7, 11) is 0. The predicted molar refractivity (Wildman–Crippen MR) is 217 cm³/mol. The van der Waals surface area contributed by atoms with Crippen molar-refractivity contribution in [3.63, 3.8) is 0 Å². The molecular weight excluding hydrogens is 670 g/mol. The molecule has 9 nitrogen and oxygen atoms in total. The summed E-state index contributed by atoms with van der Waals surface area (Å²) < 4.78 is 11.2. The molecule has 7 unspecified atom stereocenters. The lowest BCUT2D eigenvalue weighted by Crippen LogP contribution is -2.60. The summed E-state index contributed by atoms with van der Waals surface area (Å²) in [6.45, 7) is 3.78. The molecule has 6 N–H and O–H groups in total. The number of carbonyl (C=O) groups excluding carboxylic acids is 1. The first-order valence-corrected chi connectivity index (χ1v) is 22.0. The zero-order chi connectivity index (χ0) is 38.8. The van der Waals surface area contributed by atoms with Crippen LogP contribution in [-0.4, -0.2) is 87.5 Å². The molecule has 1 aliphatic rings. The zero-order valence-electron chi connectivity index (χ0n) is 34.0. The van der Waals surface area contributed by atoms with E-state index in [0.717, 1.165) is 32.1 Å². The van der Waals surface area contributed by atoms with Crippen molar-refractivity contribution in [2.75, 3.05) is 13.2 Å². The van der Waals surface area contributed by atoms with Crippen LogP contribution in [0.25, 0.3) is 0 Å². The fourth-order valence-corrected chi connectivity index (χ4v) is 6.97. The van der Waals surface area contributed by atoms with Crippen LogP contribution in [0, 0.1) is 0 Å². The summed E-state index contributed by atoms with van der Waals surface area (Å²) in [4.78, 5) is 12.9. The molecular formula is C44H83NO8. The largest absolute Gasteiger partial charge is 0.394 e. The van der Waals surface area contributed by atoms with Crippen molar-refractivity contribution in [1.29, 1.82) is 0 Å². The second-order valence-electron chi connectivity index (χ2n) is 15.5. The Morgan fingerprint density at radius 2 is 1.11 bits per heavy atom. The van der Waals surface area contributed by atoms with Gasteiger partial charge in [-0.15, -0.1) is 0 Å². The van der Waals surface area contributed by atoms with E-state index in [9.17, 15) is 30.3 Å². The maximum atomic E-state index is 12.9. The monoisotopic (exact) mass is 754 g/mol. The normalized spacial score (nSPS) is 21.8. The van der Waals surface area contributed by atoms with E-state index in [1.165, 1.54) is 128 Å². The van der Waals surface area contributed by atoms with Gasteiger partial charge >= 0.3 is 0 Å². The first-order valence-electron chi connectivity index (χ1n) is 22.0. The second kappa shape index (κ2) is 35.1. The van der Waals surface area contributed by atoms with Crippen molar-refractivity contribution in [2.24, 2.45) is 0 Å². The van der Waals surface area contributed by atoms with Crippen LogP contribution in [0.1, 0.15) is 194 Å². The number of aliphatic hydroxyl groups is 5. The van der Waals surface area contributed by atoms with Gasteiger partial charge in [-0.05, 0) is 32.1 Å². The smallest absolute Gasteiger partial charge is 0.220 e. The molecule has 0 aromatic rings. The van der Waals surface area contributed by atoms with Crippen LogP contribution in [0.2, 0.25) is 0 Å². The number of allylic oxidation sites excluding steroid dienone is 4. The topological polar surface area (TPSA) is 149 Å². The first-order chi connectivity index (χ1) is 25.8. The van der Waals surface area contributed by atoms with Gasteiger partial charge < -0.3 is 40.3 Å². The second-order valence-corrected chi connectivity index (χ2v) is 15.5. The van der Waals surface area contributed by atoms with E-state index < -0.39 is 49.5 Å². The Balaban J connectivity index is 2.38. The molecule has 1 aliphatic heterocycles. The highest BCUT2D eigenvalue weighted by molar-refractivity contribution is 5.76. The Morgan fingerprint density at radius 3 is 1.62 bits per heavy atom. The summed E-state index contributed by atoms with van der Waals surface area (Å²) in [5.41, 5.74) is 0. The number of ether oxygens (including phenoxy) is 2. The van der Waals surface area contributed by atoms with Crippen LogP contribution in [0.4, 0.5) is 0 Å². The van der Waals surface area contributed by atoms with Gasteiger partial charge in [0.2, 0.25) is 5.91 Å². The van der Waals surface area contributed by atoms with Crippen LogP contribution in [0.15, 0.2) is 24.3 Å². The van der Waals surface area contributed by atoms with Crippen molar-refractivity contribution in [1.82, 2.24) is 5.32 Å². The third-order valence-electron chi connectivity index (χ3n) is 10.6. The van der Waals surface area contributed by atoms with Gasteiger partial charge in [0.05, 0.1) is 25.4 Å². The van der Waals surface area contributed by atoms with Crippen LogP contribution >= 0.6 is 0 Å². The van der Waals surface area contributed by atoms with Crippen molar-refractivity contribution < 1.29 is 39.8 Å². The van der Waals surface area contributed by atoms with Crippen molar-refractivity contribution in [3.05, 3.63) is 24.3 Å². The Labute approximate surface area is 324 Å². The number of nitrogens with one attached hydrogen (secondary N) is 1. The standard InChI is InChI=1S/C44H83NO8/c1-3-5-7-9-11-13-15-17-18-19-20-22-23-25-27-29-31-33-38(47)37(36-52-44-43(51)42(50)41(49)39(35-46)53-44)45-40(48)34-32-30-28-26-24-21-16-14-12-10-8-6-4-2/h21,24,28,30,37-39,41-44,46-47,49-51H,3-20,22-23,25-27,29,31-36H2,1-2H3,(H,45,48)/b24-21-,30-28-. The highest BCUT2D eigenvalue weighted by atomic mass is 16.7. The third-order valence-corrected chi connectivity index (χ3v) is 10.6. The van der Waals surface area contributed by atoms with Crippen LogP contribution < -0.4 is 5.32 Å². The van der Waals surface area contributed by atoms with E-state index >= 15 is 0 Å². The molecule has 1 amide bonds. The van der Waals surface area contributed by atoms with E-state index in [-0.39, 0.29) is 18.9 Å². The van der Waals surface area contributed by atoms with E-state index in [1.807, 2.05) is 6.08 Å². The molecule has 312 valence electrons. The minimum atomic E-state index is -1.56. The number of hydrogen-bond acceptors (Lipinski definition) is 8. The molecule has 53 heavy (non-hydrogen) atoms. The van der Waals surface area contributed by atoms with Crippen LogP contribution in [0.3, 0.4) is 0 Å². The van der Waals surface area contributed by atoms with E-state index in [2.05, 4.69) is 37.4 Å². The van der Waals surface area contributed by atoms with Crippen molar-refractivity contribution in [3.8, 4) is 0 Å². The Hall–Kier alpha value is -1.33. The van der Waals surface area contributed by atoms with Crippen LogP contribution in [0.5, 0.6) is 0 Å². The molecule has 0 bridgehead atoms. The predicted octanol–water partition coefficient (Wildman–Crippen LogP) is 8.72. The highest BCUT2D eigenvalue weighted by Gasteiger charge is 2.44. The third kappa shape index (κ3) is 26.2. The maximum Gasteiger partial charge on any atom is 0.220 e.